The van der Waals surface area contributed by atoms with Crippen LogP contribution < -0.4 is 4.74 Å². The van der Waals surface area contributed by atoms with Crippen molar-refractivity contribution >= 4 is 27.6 Å². The van der Waals surface area contributed by atoms with Crippen molar-refractivity contribution in [2.45, 2.75) is 13.3 Å². The highest BCUT2D eigenvalue weighted by molar-refractivity contribution is 7.17. The van der Waals surface area contributed by atoms with Gasteiger partial charge in [-0.05, 0) is 42.6 Å². The first-order valence-electron chi connectivity index (χ1n) is 7.30. The number of hydrogen-bond acceptors (Lipinski definition) is 6. The van der Waals surface area contributed by atoms with Crippen molar-refractivity contribution in [1.29, 1.82) is 0 Å². The molecular formula is C16H14N4OS2. The Kier molecular flexibility index (Phi) is 3.80. The fourth-order valence-corrected chi connectivity index (χ4v) is 3.99. The first kappa shape index (κ1) is 14.3. The number of thiophene rings is 1. The highest BCUT2D eigenvalue weighted by atomic mass is 32.1. The Morgan fingerprint density at radius 1 is 1.13 bits per heavy atom. The summed E-state index contributed by atoms with van der Waals surface area (Å²) in [6.07, 6.45) is 0.842. The zero-order valence-corrected chi connectivity index (χ0v) is 14.1. The number of nitrogens with zero attached hydrogens (tertiary/aromatic N) is 4. The third-order valence-corrected chi connectivity index (χ3v) is 5.14. The van der Waals surface area contributed by atoms with Crippen LogP contribution in [0, 0.1) is 0 Å². The fourth-order valence-electron chi connectivity index (χ4n) is 2.34. The highest BCUT2D eigenvalue weighted by Gasteiger charge is 2.14. The molecule has 23 heavy (non-hydrogen) atoms. The van der Waals surface area contributed by atoms with Crippen molar-refractivity contribution in [3.8, 4) is 17.1 Å². The van der Waals surface area contributed by atoms with Crippen LogP contribution in [-0.2, 0) is 6.42 Å². The lowest BCUT2D eigenvalue weighted by Gasteiger charge is -2.03. The molecule has 3 aromatic heterocycles. The van der Waals surface area contributed by atoms with E-state index < -0.39 is 0 Å². The second-order valence-corrected chi connectivity index (χ2v) is 7.00. The molecule has 0 bridgehead atoms. The van der Waals surface area contributed by atoms with Crippen LogP contribution in [0.15, 0.2) is 41.8 Å². The molecule has 0 atom stereocenters. The van der Waals surface area contributed by atoms with Crippen LogP contribution in [0.25, 0.3) is 16.3 Å². The predicted octanol–water partition coefficient (Wildman–Crippen LogP) is 3.90. The van der Waals surface area contributed by atoms with E-state index in [-0.39, 0.29) is 0 Å². The molecule has 116 valence electrons. The summed E-state index contributed by atoms with van der Waals surface area (Å²) in [5.41, 5.74) is 0.980. The second-order valence-electron chi connectivity index (χ2n) is 4.93. The van der Waals surface area contributed by atoms with Gasteiger partial charge in [0.25, 0.3) is 0 Å². The predicted molar refractivity (Wildman–Crippen MR) is 92.4 cm³/mol. The highest BCUT2D eigenvalue weighted by Crippen LogP contribution is 2.25. The summed E-state index contributed by atoms with van der Waals surface area (Å²) in [6, 6.07) is 12.0. The van der Waals surface area contributed by atoms with Gasteiger partial charge in [0, 0.05) is 16.9 Å². The van der Waals surface area contributed by atoms with Gasteiger partial charge in [-0.25, -0.2) is 0 Å². The van der Waals surface area contributed by atoms with Gasteiger partial charge in [0.1, 0.15) is 10.8 Å². The SMILES string of the molecule is CCOc1ccc(-c2nnc3sc(Cc4cccs4)nn23)cc1. The molecule has 0 unspecified atom stereocenters. The maximum atomic E-state index is 5.47. The maximum Gasteiger partial charge on any atom is 0.234 e. The molecule has 0 aliphatic heterocycles. The summed E-state index contributed by atoms with van der Waals surface area (Å²) in [6.45, 7) is 2.63. The number of rotatable bonds is 5. The summed E-state index contributed by atoms with van der Waals surface area (Å²) in [7, 11) is 0. The zero-order valence-electron chi connectivity index (χ0n) is 12.5. The van der Waals surface area contributed by atoms with Crippen LogP contribution in [0.3, 0.4) is 0 Å². The summed E-state index contributed by atoms with van der Waals surface area (Å²) in [4.78, 5) is 2.12. The van der Waals surface area contributed by atoms with E-state index >= 15 is 0 Å². The Morgan fingerprint density at radius 2 is 2.00 bits per heavy atom. The Morgan fingerprint density at radius 3 is 2.74 bits per heavy atom. The fraction of sp³-hybridized carbons (Fsp3) is 0.188. The lowest BCUT2D eigenvalue weighted by atomic mass is 10.2. The largest absolute Gasteiger partial charge is 0.494 e. The number of hydrogen-bond donors (Lipinski definition) is 0. The number of aromatic nitrogens is 4. The standard InChI is InChI=1S/C16H14N4OS2/c1-2-21-12-7-5-11(6-8-12)15-17-18-16-20(15)19-14(23-16)10-13-4-3-9-22-13/h3-9H,2,10H2,1H3. The van der Waals surface area contributed by atoms with E-state index in [0.29, 0.717) is 6.61 Å². The molecule has 0 aliphatic rings. The summed E-state index contributed by atoms with van der Waals surface area (Å²) in [5, 5.41) is 16.3. The molecule has 0 radical (unpaired) electrons. The molecule has 5 nitrogen and oxygen atoms in total. The van der Waals surface area contributed by atoms with Crippen molar-refractivity contribution in [3.05, 3.63) is 51.7 Å². The molecular weight excluding hydrogens is 328 g/mol. The lowest BCUT2D eigenvalue weighted by molar-refractivity contribution is 0.340. The van der Waals surface area contributed by atoms with E-state index in [1.54, 1.807) is 22.7 Å². The summed E-state index contributed by atoms with van der Waals surface area (Å²) < 4.78 is 7.30. The Hall–Kier alpha value is -2.25. The van der Waals surface area contributed by atoms with Crippen LogP contribution in [0.2, 0.25) is 0 Å². The molecule has 0 fully saturated rings. The van der Waals surface area contributed by atoms with Gasteiger partial charge < -0.3 is 4.74 Å². The molecule has 0 spiro atoms. The van der Waals surface area contributed by atoms with E-state index in [0.717, 1.165) is 33.5 Å². The molecule has 3 heterocycles. The molecule has 0 N–H and O–H groups in total. The van der Waals surface area contributed by atoms with Crippen molar-refractivity contribution < 1.29 is 4.74 Å². The topological polar surface area (TPSA) is 52.3 Å². The van der Waals surface area contributed by atoms with Gasteiger partial charge in [-0.1, -0.05) is 17.4 Å². The molecule has 0 amide bonds. The minimum Gasteiger partial charge on any atom is -0.494 e. The van der Waals surface area contributed by atoms with E-state index in [2.05, 4.69) is 32.8 Å². The van der Waals surface area contributed by atoms with Gasteiger partial charge >= 0.3 is 0 Å². The first-order valence-corrected chi connectivity index (χ1v) is 9.00. The first-order chi connectivity index (χ1) is 11.3. The molecule has 4 aromatic rings. The number of fused-ring (bicyclic) bond motifs is 1. The summed E-state index contributed by atoms with van der Waals surface area (Å²) in [5.74, 6) is 1.62. The van der Waals surface area contributed by atoms with Gasteiger partial charge in [-0.15, -0.1) is 21.5 Å². The molecule has 0 saturated heterocycles. The normalized spacial score (nSPS) is 11.2. The van der Waals surface area contributed by atoms with E-state index in [9.17, 15) is 0 Å². The van der Waals surface area contributed by atoms with Gasteiger partial charge in [0.15, 0.2) is 5.82 Å². The number of benzene rings is 1. The van der Waals surface area contributed by atoms with E-state index in [1.807, 2.05) is 35.7 Å². The Labute approximate surface area is 141 Å². The van der Waals surface area contributed by atoms with Crippen molar-refractivity contribution in [2.24, 2.45) is 0 Å². The Bertz CT molecular complexity index is 910. The molecule has 1 aromatic carbocycles. The third kappa shape index (κ3) is 2.85. The van der Waals surface area contributed by atoms with Crippen molar-refractivity contribution in [3.63, 3.8) is 0 Å². The van der Waals surface area contributed by atoms with Crippen molar-refractivity contribution in [2.75, 3.05) is 6.61 Å². The van der Waals surface area contributed by atoms with Gasteiger partial charge in [0.2, 0.25) is 4.96 Å². The zero-order chi connectivity index (χ0) is 15.6. The Balaban J connectivity index is 1.66. The molecule has 4 rings (SSSR count). The van der Waals surface area contributed by atoms with Crippen LogP contribution in [0.5, 0.6) is 5.75 Å². The molecule has 0 aliphatic carbocycles. The van der Waals surface area contributed by atoms with Crippen LogP contribution in [0.1, 0.15) is 16.8 Å². The van der Waals surface area contributed by atoms with E-state index in [4.69, 9.17) is 4.74 Å². The monoisotopic (exact) mass is 342 g/mol. The quantitative estimate of drug-likeness (QED) is 0.552. The minimum absolute atomic E-state index is 0.659. The lowest BCUT2D eigenvalue weighted by Crippen LogP contribution is -1.94. The molecule has 7 heteroatoms. The minimum atomic E-state index is 0.659. The van der Waals surface area contributed by atoms with E-state index in [1.165, 1.54) is 4.88 Å². The van der Waals surface area contributed by atoms with Gasteiger partial charge in [-0.2, -0.15) is 9.61 Å². The van der Waals surface area contributed by atoms with Gasteiger partial charge in [0.05, 0.1) is 6.61 Å². The number of ether oxygens (including phenoxy) is 1. The molecule has 0 saturated carbocycles. The average molecular weight is 342 g/mol. The smallest absolute Gasteiger partial charge is 0.234 e. The van der Waals surface area contributed by atoms with Crippen molar-refractivity contribution in [1.82, 2.24) is 19.8 Å². The van der Waals surface area contributed by atoms with Crippen LogP contribution in [0.4, 0.5) is 0 Å². The van der Waals surface area contributed by atoms with Gasteiger partial charge in [-0.3, -0.25) is 0 Å². The van der Waals surface area contributed by atoms with Crippen LogP contribution >= 0.6 is 22.7 Å². The second kappa shape index (κ2) is 6.10. The average Bonchev–Trinajstić information content (AvgIpc) is 3.26. The third-order valence-electron chi connectivity index (χ3n) is 3.36. The maximum absolute atomic E-state index is 5.47. The van der Waals surface area contributed by atoms with Crippen LogP contribution in [-0.4, -0.2) is 26.4 Å². The summed E-state index contributed by atoms with van der Waals surface area (Å²) >= 11 is 3.33.